The van der Waals surface area contributed by atoms with Crippen molar-refractivity contribution in [3.05, 3.63) is 34.6 Å². The molecule has 142 valence electrons. The number of rotatable bonds is 4. The molecule has 0 saturated carbocycles. The van der Waals surface area contributed by atoms with Crippen LogP contribution in [0.25, 0.3) is 5.78 Å². The molecule has 1 aliphatic heterocycles. The molecule has 0 spiro atoms. The summed E-state index contributed by atoms with van der Waals surface area (Å²) < 4.78 is 6.68. The van der Waals surface area contributed by atoms with E-state index in [2.05, 4.69) is 25.1 Å². The minimum atomic E-state index is 0.114. The Kier molecular flexibility index (Phi) is 4.69. The van der Waals surface area contributed by atoms with Crippen LogP contribution in [0.3, 0.4) is 0 Å². The van der Waals surface area contributed by atoms with E-state index < -0.39 is 0 Å². The van der Waals surface area contributed by atoms with Gasteiger partial charge in [-0.15, -0.1) is 0 Å². The van der Waals surface area contributed by atoms with E-state index in [1.807, 2.05) is 24.8 Å². The van der Waals surface area contributed by atoms with Crippen molar-refractivity contribution in [1.82, 2.24) is 29.6 Å². The molecule has 0 bridgehead atoms. The van der Waals surface area contributed by atoms with Crippen LogP contribution in [0.4, 0.5) is 5.82 Å². The molecule has 4 heterocycles. The number of hydrogen-bond donors (Lipinski definition) is 0. The summed E-state index contributed by atoms with van der Waals surface area (Å²) in [4.78, 5) is 25.2. The summed E-state index contributed by atoms with van der Waals surface area (Å²) in [7, 11) is 0. The number of nitrogens with zero attached hydrogens (tertiary/aromatic N) is 7. The number of carbonyl (C=O) groups is 1. The van der Waals surface area contributed by atoms with Crippen LogP contribution in [0.5, 0.6) is 0 Å². The van der Waals surface area contributed by atoms with Gasteiger partial charge in [0.15, 0.2) is 0 Å². The zero-order valence-corrected chi connectivity index (χ0v) is 16.0. The number of aryl methyl sites for hydroxylation is 2. The second-order valence-electron chi connectivity index (χ2n) is 6.62. The largest absolute Gasteiger partial charge is 0.353 e. The number of piperazine rings is 1. The monoisotopic (exact) mass is 389 g/mol. The topological polar surface area (TPSA) is 92.7 Å². The molecule has 1 aliphatic rings. The highest BCUT2D eigenvalue weighted by Crippen LogP contribution is 2.22. The Bertz CT molecular complexity index is 955. The van der Waals surface area contributed by atoms with Crippen LogP contribution in [-0.2, 0) is 11.2 Å². The average Bonchev–Trinajstić information content (AvgIpc) is 3.26. The first kappa shape index (κ1) is 17.7. The predicted molar refractivity (Wildman–Crippen MR) is 98.9 cm³/mol. The van der Waals surface area contributed by atoms with Crippen LogP contribution < -0.4 is 4.90 Å². The molecule has 1 fully saturated rings. The van der Waals surface area contributed by atoms with E-state index in [1.165, 1.54) is 6.33 Å². The first-order valence-corrected chi connectivity index (χ1v) is 9.21. The molecule has 0 atom stereocenters. The molecule has 10 heteroatoms. The van der Waals surface area contributed by atoms with Crippen LogP contribution >= 0.6 is 11.6 Å². The fraction of sp³-hybridized carbons (Fsp3) is 0.471. The summed E-state index contributed by atoms with van der Waals surface area (Å²) in [6.45, 7) is 6.55. The van der Waals surface area contributed by atoms with Crippen LogP contribution in [0.15, 0.2) is 16.9 Å². The third kappa shape index (κ3) is 3.46. The SMILES string of the molecule is Cc1cc(N2CCN(C(=O)CCc3c(C)noc3Cl)CC2)n2ncnc2n1. The fourth-order valence-corrected chi connectivity index (χ4v) is 3.62. The van der Waals surface area contributed by atoms with Gasteiger partial charge >= 0.3 is 0 Å². The Hall–Kier alpha value is -2.68. The Labute approximate surface area is 160 Å². The summed E-state index contributed by atoms with van der Waals surface area (Å²) >= 11 is 5.97. The van der Waals surface area contributed by atoms with Crippen LogP contribution in [0.1, 0.15) is 23.4 Å². The molecule has 0 unspecified atom stereocenters. The lowest BCUT2D eigenvalue weighted by atomic mass is 10.1. The first-order valence-electron chi connectivity index (χ1n) is 8.83. The number of anilines is 1. The van der Waals surface area contributed by atoms with Gasteiger partial charge in [-0.2, -0.15) is 14.6 Å². The molecule has 0 aromatic carbocycles. The standard InChI is InChI=1S/C17H20ClN7O2/c1-11-9-14(25-17(21-11)19-10-20-25)23-5-7-24(8-6-23)15(26)4-3-13-12(2)22-27-16(13)18/h9-10H,3-8H2,1-2H3. The summed E-state index contributed by atoms with van der Waals surface area (Å²) in [5.41, 5.74) is 2.44. The van der Waals surface area contributed by atoms with E-state index in [1.54, 1.807) is 4.52 Å². The van der Waals surface area contributed by atoms with Crippen molar-refractivity contribution < 1.29 is 9.32 Å². The van der Waals surface area contributed by atoms with Crippen molar-refractivity contribution in [3.8, 4) is 0 Å². The molecule has 9 nitrogen and oxygen atoms in total. The summed E-state index contributed by atoms with van der Waals surface area (Å²) in [6.07, 6.45) is 2.43. The third-order valence-electron chi connectivity index (χ3n) is 4.84. The van der Waals surface area contributed by atoms with Crippen molar-refractivity contribution in [3.63, 3.8) is 0 Å². The van der Waals surface area contributed by atoms with Crippen molar-refractivity contribution in [1.29, 1.82) is 0 Å². The zero-order chi connectivity index (χ0) is 19.0. The quantitative estimate of drug-likeness (QED) is 0.669. The Morgan fingerprint density at radius 1 is 1.26 bits per heavy atom. The summed E-state index contributed by atoms with van der Waals surface area (Å²) in [5.74, 6) is 1.65. The van der Waals surface area contributed by atoms with Crippen LogP contribution in [-0.4, -0.2) is 61.7 Å². The van der Waals surface area contributed by atoms with Gasteiger partial charge in [0.05, 0.1) is 5.69 Å². The van der Waals surface area contributed by atoms with Crippen molar-refractivity contribution >= 4 is 29.1 Å². The van der Waals surface area contributed by atoms with Gasteiger partial charge in [0, 0.05) is 49.9 Å². The number of carbonyl (C=O) groups excluding carboxylic acids is 1. The molecule has 0 N–H and O–H groups in total. The first-order chi connectivity index (χ1) is 13.0. The van der Waals surface area contributed by atoms with Crippen molar-refractivity contribution in [2.24, 2.45) is 0 Å². The molecular weight excluding hydrogens is 370 g/mol. The molecule has 0 aliphatic carbocycles. The number of aromatic nitrogens is 5. The number of fused-ring (bicyclic) bond motifs is 1. The minimum Gasteiger partial charge on any atom is -0.353 e. The molecule has 0 radical (unpaired) electrons. The van der Waals surface area contributed by atoms with Crippen LogP contribution in [0, 0.1) is 13.8 Å². The van der Waals surface area contributed by atoms with Gasteiger partial charge in [-0.1, -0.05) is 5.16 Å². The molecule has 3 aromatic rings. The smallest absolute Gasteiger partial charge is 0.254 e. The molecule has 27 heavy (non-hydrogen) atoms. The highest BCUT2D eigenvalue weighted by molar-refractivity contribution is 6.29. The highest BCUT2D eigenvalue weighted by Gasteiger charge is 2.24. The van der Waals surface area contributed by atoms with E-state index >= 15 is 0 Å². The van der Waals surface area contributed by atoms with Gasteiger partial charge in [-0.25, -0.2) is 4.98 Å². The fourth-order valence-electron chi connectivity index (χ4n) is 3.35. The number of halogens is 1. The average molecular weight is 390 g/mol. The highest BCUT2D eigenvalue weighted by atomic mass is 35.5. The van der Waals surface area contributed by atoms with Gasteiger partial charge < -0.3 is 14.3 Å². The Morgan fingerprint density at radius 2 is 2.04 bits per heavy atom. The molecule has 4 rings (SSSR count). The second-order valence-corrected chi connectivity index (χ2v) is 6.96. The van der Waals surface area contributed by atoms with Crippen molar-refractivity contribution in [2.45, 2.75) is 26.7 Å². The van der Waals surface area contributed by atoms with E-state index in [-0.39, 0.29) is 11.1 Å². The predicted octanol–water partition coefficient (Wildman–Crippen LogP) is 1.66. The third-order valence-corrected chi connectivity index (χ3v) is 5.14. The van der Waals surface area contributed by atoms with E-state index in [9.17, 15) is 4.79 Å². The van der Waals surface area contributed by atoms with E-state index in [4.69, 9.17) is 16.1 Å². The molecule has 3 aromatic heterocycles. The lowest BCUT2D eigenvalue weighted by molar-refractivity contribution is -0.131. The van der Waals surface area contributed by atoms with E-state index in [0.717, 1.165) is 35.9 Å². The van der Waals surface area contributed by atoms with Gasteiger partial charge in [-0.05, 0) is 31.9 Å². The molecular formula is C17H20ClN7O2. The van der Waals surface area contributed by atoms with E-state index in [0.29, 0.717) is 31.7 Å². The lowest BCUT2D eigenvalue weighted by Gasteiger charge is -2.36. The Balaban J connectivity index is 1.38. The zero-order valence-electron chi connectivity index (χ0n) is 15.2. The van der Waals surface area contributed by atoms with Crippen molar-refractivity contribution in [2.75, 3.05) is 31.1 Å². The maximum absolute atomic E-state index is 12.6. The summed E-state index contributed by atoms with van der Waals surface area (Å²) in [5, 5.41) is 8.35. The minimum absolute atomic E-state index is 0.114. The number of amides is 1. The molecule has 1 amide bonds. The normalized spacial score (nSPS) is 14.9. The van der Waals surface area contributed by atoms with Crippen LogP contribution in [0.2, 0.25) is 5.22 Å². The Morgan fingerprint density at radius 3 is 2.74 bits per heavy atom. The maximum Gasteiger partial charge on any atom is 0.254 e. The number of hydrogen-bond acceptors (Lipinski definition) is 7. The van der Waals surface area contributed by atoms with Gasteiger partial charge in [-0.3, -0.25) is 4.79 Å². The van der Waals surface area contributed by atoms with Gasteiger partial charge in [0.25, 0.3) is 5.78 Å². The summed E-state index contributed by atoms with van der Waals surface area (Å²) in [6, 6.07) is 2.00. The van der Waals surface area contributed by atoms with Gasteiger partial charge in [0.1, 0.15) is 12.1 Å². The maximum atomic E-state index is 12.6. The lowest BCUT2D eigenvalue weighted by Crippen LogP contribution is -2.49. The second kappa shape index (κ2) is 7.15. The molecule has 1 saturated heterocycles. The van der Waals surface area contributed by atoms with Gasteiger partial charge in [0.2, 0.25) is 11.1 Å².